The van der Waals surface area contributed by atoms with E-state index < -0.39 is 0 Å². The van der Waals surface area contributed by atoms with E-state index in [0.717, 1.165) is 34.6 Å². The van der Waals surface area contributed by atoms with Crippen molar-refractivity contribution in [3.05, 3.63) is 89.5 Å². The molecule has 3 heteroatoms. The van der Waals surface area contributed by atoms with E-state index in [4.69, 9.17) is 4.74 Å². The van der Waals surface area contributed by atoms with Crippen LogP contribution in [0.2, 0.25) is 0 Å². The van der Waals surface area contributed by atoms with Gasteiger partial charge in [0.25, 0.3) is 0 Å². The van der Waals surface area contributed by atoms with Crippen LogP contribution in [0.1, 0.15) is 37.5 Å². The van der Waals surface area contributed by atoms with E-state index in [9.17, 15) is 4.79 Å². The van der Waals surface area contributed by atoms with Gasteiger partial charge in [0.15, 0.2) is 0 Å². The second kappa shape index (κ2) is 12.1. The first-order chi connectivity index (χ1) is 15.6. The molecule has 0 radical (unpaired) electrons. The summed E-state index contributed by atoms with van der Waals surface area (Å²) in [5.74, 6) is 8.74. The normalized spacial score (nSPS) is 11.5. The van der Waals surface area contributed by atoms with E-state index in [2.05, 4.69) is 77.9 Å². The Kier molecular flexibility index (Phi) is 8.90. The molecule has 0 aliphatic rings. The van der Waals surface area contributed by atoms with Crippen LogP contribution >= 0.6 is 10.5 Å². The lowest BCUT2D eigenvalue weighted by atomic mass is 10.0. The number of hydrogen-bond donors (Lipinski definition) is 0. The first-order valence-corrected chi connectivity index (χ1v) is 12.5. The molecule has 0 saturated carbocycles. The smallest absolute Gasteiger partial charge is 0.139 e. The lowest BCUT2D eigenvalue weighted by Gasteiger charge is -2.12. The van der Waals surface area contributed by atoms with Gasteiger partial charge in [-0.15, -0.1) is 5.92 Å². The Balaban J connectivity index is 1.74. The van der Waals surface area contributed by atoms with Crippen molar-refractivity contribution < 1.29 is 9.53 Å². The molecule has 0 saturated heterocycles. The fourth-order valence-electron chi connectivity index (χ4n) is 3.47. The minimum Gasteiger partial charge on any atom is -0.492 e. The fraction of sp³-hybridized carbons (Fsp3) is 0.241. The highest BCUT2D eigenvalue weighted by molar-refractivity contribution is 8.14. The van der Waals surface area contributed by atoms with Crippen LogP contribution < -0.4 is 4.74 Å². The van der Waals surface area contributed by atoms with Crippen molar-refractivity contribution >= 4 is 21.6 Å². The maximum atomic E-state index is 11.5. The minimum atomic E-state index is -0.00227. The lowest BCUT2D eigenvalue weighted by molar-refractivity contribution is -0.114. The Morgan fingerprint density at radius 2 is 1.69 bits per heavy atom. The van der Waals surface area contributed by atoms with Crippen LogP contribution in [0.5, 0.6) is 5.75 Å². The molecule has 0 spiro atoms. The van der Waals surface area contributed by atoms with Crippen molar-refractivity contribution in [2.75, 3.05) is 12.4 Å². The summed E-state index contributed by atoms with van der Waals surface area (Å²) >= 11 is 0. The summed E-state index contributed by atoms with van der Waals surface area (Å²) in [7, 11) is -0.00227. The number of benzene rings is 3. The van der Waals surface area contributed by atoms with Crippen LogP contribution in [0, 0.1) is 11.8 Å². The third kappa shape index (κ3) is 6.97. The molecule has 0 amide bonds. The number of ether oxygens (including phenoxy) is 1. The second-order valence-corrected chi connectivity index (χ2v) is 9.75. The molecule has 0 aliphatic heterocycles. The molecule has 0 aromatic heterocycles. The van der Waals surface area contributed by atoms with Crippen molar-refractivity contribution in [1.82, 2.24) is 0 Å². The van der Waals surface area contributed by atoms with Crippen molar-refractivity contribution in [1.29, 1.82) is 0 Å². The zero-order valence-corrected chi connectivity index (χ0v) is 19.9. The predicted octanol–water partition coefficient (Wildman–Crippen LogP) is 6.53. The van der Waals surface area contributed by atoms with Gasteiger partial charge in [0.05, 0.1) is 12.2 Å². The maximum Gasteiger partial charge on any atom is 0.139 e. The monoisotopic (exact) mass is 442 g/mol. The average Bonchev–Trinajstić information content (AvgIpc) is 2.80. The van der Waals surface area contributed by atoms with Crippen molar-refractivity contribution in [3.8, 4) is 28.7 Å². The number of Topliss-reactive ketones (excluding diaryl/α,β-unsaturated/α-hetero) is 1. The van der Waals surface area contributed by atoms with Crippen LogP contribution in [0.4, 0.5) is 0 Å². The average molecular weight is 443 g/mol. The molecule has 164 valence electrons. The molecule has 1 atom stereocenters. The van der Waals surface area contributed by atoms with Crippen LogP contribution in [0.3, 0.4) is 0 Å². The van der Waals surface area contributed by atoms with Gasteiger partial charge < -0.3 is 4.74 Å². The zero-order valence-electron chi connectivity index (χ0n) is 19.1. The Morgan fingerprint density at radius 3 is 2.34 bits per heavy atom. The maximum absolute atomic E-state index is 11.5. The van der Waals surface area contributed by atoms with Crippen molar-refractivity contribution in [3.63, 3.8) is 0 Å². The third-order valence-corrected chi connectivity index (χ3v) is 7.24. The van der Waals surface area contributed by atoms with Gasteiger partial charge in [0, 0.05) is 17.9 Å². The molecular weight excluding hydrogens is 412 g/mol. The SMILES string of the molecule is CC#Cc1ccc(-c2ccc(CS(=CC)CC(C)=O)cc2)cc1OCCc1ccccc1. The van der Waals surface area contributed by atoms with Gasteiger partial charge in [-0.25, -0.2) is 0 Å². The highest BCUT2D eigenvalue weighted by Crippen LogP contribution is 2.29. The van der Waals surface area contributed by atoms with E-state index in [1.54, 1.807) is 6.92 Å². The highest BCUT2D eigenvalue weighted by Gasteiger charge is 2.07. The molecular formula is C29H30O2S. The predicted molar refractivity (Wildman–Crippen MR) is 139 cm³/mol. The first kappa shape index (κ1) is 23.6. The molecule has 0 bridgehead atoms. The standard InChI is InChI=1S/C29H30O2S/c1-4-9-27-16-17-28(20-29(27)31-19-18-24-10-7-6-8-11-24)26-14-12-25(13-15-26)22-32(5-2)21-23(3)30/h5-8,10-17,20H,18-19,21-22H2,1-3H3. The molecule has 32 heavy (non-hydrogen) atoms. The molecule has 3 aromatic rings. The summed E-state index contributed by atoms with van der Waals surface area (Å²) in [6.07, 6.45) is 0.857. The summed E-state index contributed by atoms with van der Waals surface area (Å²) in [5.41, 5.74) is 5.68. The van der Waals surface area contributed by atoms with Gasteiger partial charge in [0.2, 0.25) is 0 Å². The largest absolute Gasteiger partial charge is 0.492 e. The van der Waals surface area contributed by atoms with Crippen LogP contribution in [0.25, 0.3) is 11.1 Å². The van der Waals surface area contributed by atoms with Gasteiger partial charge in [-0.1, -0.05) is 72.0 Å². The van der Waals surface area contributed by atoms with Gasteiger partial charge in [-0.05, 0) is 55.2 Å². The minimum absolute atomic E-state index is 0.00227. The summed E-state index contributed by atoms with van der Waals surface area (Å²) in [4.78, 5) is 11.5. The van der Waals surface area contributed by atoms with E-state index in [1.807, 2.05) is 26.0 Å². The molecule has 1 unspecified atom stereocenters. The van der Waals surface area contributed by atoms with E-state index >= 15 is 0 Å². The number of carbonyl (C=O) groups excluding carboxylic acids is 1. The quantitative estimate of drug-likeness (QED) is 0.278. The second-order valence-electron chi connectivity index (χ2n) is 7.63. The van der Waals surface area contributed by atoms with Gasteiger partial charge in [-0.2, -0.15) is 10.5 Å². The molecule has 0 heterocycles. The van der Waals surface area contributed by atoms with Crippen molar-refractivity contribution in [2.24, 2.45) is 0 Å². The number of ketones is 1. The molecule has 0 N–H and O–H groups in total. The first-order valence-electron chi connectivity index (χ1n) is 10.9. The Labute approximate surface area is 194 Å². The topological polar surface area (TPSA) is 26.3 Å². The molecule has 3 rings (SSSR count). The van der Waals surface area contributed by atoms with Gasteiger partial charge >= 0.3 is 0 Å². The molecule has 3 aromatic carbocycles. The van der Waals surface area contributed by atoms with Crippen LogP contribution in [-0.4, -0.2) is 23.5 Å². The van der Waals surface area contributed by atoms with Gasteiger partial charge in [0.1, 0.15) is 11.5 Å². The highest BCUT2D eigenvalue weighted by atomic mass is 32.2. The third-order valence-electron chi connectivity index (χ3n) is 5.09. The lowest BCUT2D eigenvalue weighted by Crippen LogP contribution is -2.03. The number of hydrogen-bond acceptors (Lipinski definition) is 2. The van der Waals surface area contributed by atoms with Crippen LogP contribution in [-0.2, 0) is 17.0 Å². The summed E-state index contributed by atoms with van der Waals surface area (Å²) in [5, 5.41) is 2.15. The molecule has 0 aliphatic carbocycles. The van der Waals surface area contributed by atoms with E-state index in [0.29, 0.717) is 12.4 Å². The molecule has 0 fully saturated rings. The van der Waals surface area contributed by atoms with Crippen LogP contribution in [0.15, 0.2) is 72.8 Å². The Morgan fingerprint density at radius 1 is 0.969 bits per heavy atom. The molecule has 2 nitrogen and oxygen atoms in total. The van der Waals surface area contributed by atoms with E-state index in [-0.39, 0.29) is 16.3 Å². The summed E-state index contributed by atoms with van der Waals surface area (Å²) in [6, 6.07) is 25.2. The van der Waals surface area contributed by atoms with E-state index in [1.165, 1.54) is 11.1 Å². The number of carbonyl (C=O) groups is 1. The fourth-order valence-corrected chi connectivity index (χ4v) is 5.05. The zero-order chi connectivity index (χ0) is 22.8. The Bertz CT molecular complexity index is 1130. The Hall–Kier alpha value is -3.09. The van der Waals surface area contributed by atoms with Gasteiger partial charge in [-0.3, -0.25) is 4.79 Å². The summed E-state index contributed by atoms with van der Waals surface area (Å²) < 4.78 is 6.15. The number of rotatable bonds is 9. The van der Waals surface area contributed by atoms with Crippen molar-refractivity contribution in [2.45, 2.75) is 32.9 Å². The summed E-state index contributed by atoms with van der Waals surface area (Å²) in [6.45, 7) is 6.16.